The predicted molar refractivity (Wildman–Crippen MR) is 78.0 cm³/mol. The Morgan fingerprint density at radius 1 is 1.25 bits per heavy atom. The predicted octanol–water partition coefficient (Wildman–Crippen LogP) is 1.63. The van der Waals surface area contributed by atoms with Crippen molar-refractivity contribution in [2.75, 3.05) is 6.54 Å². The molecule has 0 aliphatic carbocycles. The Morgan fingerprint density at radius 2 is 2.00 bits per heavy atom. The van der Waals surface area contributed by atoms with Gasteiger partial charge in [0.15, 0.2) is 0 Å². The molecule has 5 nitrogen and oxygen atoms in total. The summed E-state index contributed by atoms with van der Waals surface area (Å²) in [5, 5.41) is 9.81. The summed E-state index contributed by atoms with van der Waals surface area (Å²) in [5.74, 6) is 0.877. The zero-order chi connectivity index (χ0) is 14.1. The summed E-state index contributed by atoms with van der Waals surface area (Å²) in [6.07, 6.45) is 2.85. The van der Waals surface area contributed by atoms with Crippen LogP contribution in [0.15, 0.2) is 42.7 Å². The first-order valence-corrected chi connectivity index (χ1v) is 6.45. The SMILES string of the molecule is Cn1c(-c2ccncc2)nc2cc(C(O)CN)ccc21. The van der Waals surface area contributed by atoms with E-state index in [1.165, 1.54) is 0 Å². The van der Waals surface area contributed by atoms with Crippen LogP contribution in [-0.4, -0.2) is 26.2 Å². The number of fused-ring (bicyclic) bond motifs is 1. The van der Waals surface area contributed by atoms with Crippen molar-refractivity contribution in [3.05, 3.63) is 48.3 Å². The van der Waals surface area contributed by atoms with Gasteiger partial charge >= 0.3 is 0 Å². The summed E-state index contributed by atoms with van der Waals surface area (Å²) < 4.78 is 2.03. The highest BCUT2D eigenvalue weighted by molar-refractivity contribution is 5.81. The average molecular weight is 268 g/mol. The van der Waals surface area contributed by atoms with Gasteiger partial charge in [0.25, 0.3) is 0 Å². The fourth-order valence-electron chi connectivity index (χ4n) is 2.32. The molecule has 0 aliphatic rings. The van der Waals surface area contributed by atoms with E-state index in [0.29, 0.717) is 0 Å². The maximum Gasteiger partial charge on any atom is 0.140 e. The van der Waals surface area contributed by atoms with Crippen molar-refractivity contribution in [3.8, 4) is 11.4 Å². The molecule has 1 aromatic carbocycles. The lowest BCUT2D eigenvalue weighted by molar-refractivity contribution is 0.187. The number of aliphatic hydroxyl groups excluding tert-OH is 1. The smallest absolute Gasteiger partial charge is 0.140 e. The summed E-state index contributed by atoms with van der Waals surface area (Å²) in [6.45, 7) is 0.204. The Bertz CT molecular complexity index is 736. The van der Waals surface area contributed by atoms with Crippen molar-refractivity contribution in [2.24, 2.45) is 12.8 Å². The van der Waals surface area contributed by atoms with Crippen molar-refractivity contribution in [3.63, 3.8) is 0 Å². The molecule has 102 valence electrons. The lowest BCUT2D eigenvalue weighted by Crippen LogP contribution is -2.11. The Morgan fingerprint density at radius 3 is 2.70 bits per heavy atom. The molecule has 0 saturated heterocycles. The number of nitrogens with zero attached hydrogens (tertiary/aromatic N) is 3. The minimum Gasteiger partial charge on any atom is -0.387 e. The molecule has 3 aromatic rings. The third kappa shape index (κ3) is 2.07. The number of imidazole rings is 1. The van der Waals surface area contributed by atoms with Crippen LogP contribution in [0.3, 0.4) is 0 Å². The van der Waals surface area contributed by atoms with Gasteiger partial charge in [-0.1, -0.05) is 6.07 Å². The number of benzene rings is 1. The molecule has 2 aromatic heterocycles. The van der Waals surface area contributed by atoms with Crippen LogP contribution in [0.5, 0.6) is 0 Å². The quantitative estimate of drug-likeness (QED) is 0.757. The van der Waals surface area contributed by atoms with Gasteiger partial charge in [-0.2, -0.15) is 0 Å². The highest BCUT2D eigenvalue weighted by Gasteiger charge is 2.12. The van der Waals surface area contributed by atoms with Gasteiger partial charge in [-0.15, -0.1) is 0 Å². The standard InChI is InChI=1S/C15H16N4O/c1-19-13-3-2-11(14(20)9-16)8-12(13)18-15(19)10-4-6-17-7-5-10/h2-8,14,20H,9,16H2,1H3. The zero-order valence-electron chi connectivity index (χ0n) is 11.2. The second kappa shape index (κ2) is 5.03. The largest absolute Gasteiger partial charge is 0.387 e. The zero-order valence-corrected chi connectivity index (χ0v) is 11.2. The van der Waals surface area contributed by atoms with Crippen LogP contribution in [0.25, 0.3) is 22.4 Å². The van der Waals surface area contributed by atoms with Gasteiger partial charge < -0.3 is 15.4 Å². The van der Waals surface area contributed by atoms with E-state index in [0.717, 1.165) is 28.0 Å². The average Bonchev–Trinajstić information content (AvgIpc) is 2.84. The van der Waals surface area contributed by atoms with Crippen LogP contribution < -0.4 is 5.73 Å². The number of rotatable bonds is 3. The minimum absolute atomic E-state index is 0.204. The molecular formula is C15H16N4O. The summed E-state index contributed by atoms with van der Waals surface area (Å²) in [4.78, 5) is 8.66. The topological polar surface area (TPSA) is 77.0 Å². The van der Waals surface area contributed by atoms with Crippen molar-refractivity contribution in [1.82, 2.24) is 14.5 Å². The first kappa shape index (κ1) is 12.8. The van der Waals surface area contributed by atoms with Gasteiger partial charge in [0.2, 0.25) is 0 Å². The first-order chi connectivity index (χ1) is 9.70. The molecule has 0 fully saturated rings. The number of hydrogen-bond acceptors (Lipinski definition) is 4. The van der Waals surface area contributed by atoms with E-state index in [-0.39, 0.29) is 6.54 Å². The maximum atomic E-state index is 9.81. The molecule has 0 saturated carbocycles. The van der Waals surface area contributed by atoms with Crippen molar-refractivity contribution in [1.29, 1.82) is 0 Å². The van der Waals surface area contributed by atoms with Crippen molar-refractivity contribution in [2.45, 2.75) is 6.10 Å². The van der Waals surface area contributed by atoms with Crippen molar-refractivity contribution >= 4 is 11.0 Å². The Balaban J connectivity index is 2.15. The van der Waals surface area contributed by atoms with E-state index in [4.69, 9.17) is 5.73 Å². The van der Waals surface area contributed by atoms with Gasteiger partial charge in [-0.25, -0.2) is 4.98 Å². The molecule has 3 rings (SSSR count). The van der Waals surface area contributed by atoms with E-state index >= 15 is 0 Å². The summed E-state index contributed by atoms with van der Waals surface area (Å²) >= 11 is 0. The van der Waals surface area contributed by atoms with Crippen molar-refractivity contribution < 1.29 is 5.11 Å². The van der Waals surface area contributed by atoms with Crippen LogP contribution in [0.4, 0.5) is 0 Å². The van der Waals surface area contributed by atoms with Crippen LogP contribution >= 0.6 is 0 Å². The van der Waals surface area contributed by atoms with Crippen LogP contribution in [-0.2, 0) is 7.05 Å². The van der Waals surface area contributed by atoms with Gasteiger partial charge in [0, 0.05) is 31.5 Å². The highest BCUT2D eigenvalue weighted by Crippen LogP contribution is 2.25. The van der Waals surface area contributed by atoms with Crippen LogP contribution in [0.1, 0.15) is 11.7 Å². The second-order valence-electron chi connectivity index (χ2n) is 4.73. The number of aryl methyl sites for hydroxylation is 1. The Labute approximate surface area is 116 Å². The number of aromatic nitrogens is 3. The molecule has 20 heavy (non-hydrogen) atoms. The van der Waals surface area contributed by atoms with E-state index < -0.39 is 6.10 Å². The van der Waals surface area contributed by atoms with E-state index in [9.17, 15) is 5.11 Å². The van der Waals surface area contributed by atoms with E-state index in [1.807, 2.05) is 41.9 Å². The fourth-order valence-corrected chi connectivity index (χ4v) is 2.32. The van der Waals surface area contributed by atoms with Gasteiger partial charge in [-0.05, 0) is 29.8 Å². The number of hydrogen-bond donors (Lipinski definition) is 2. The monoisotopic (exact) mass is 268 g/mol. The molecule has 1 unspecified atom stereocenters. The third-order valence-corrected chi connectivity index (χ3v) is 3.45. The van der Waals surface area contributed by atoms with Crippen LogP contribution in [0, 0.1) is 0 Å². The molecule has 0 spiro atoms. The highest BCUT2D eigenvalue weighted by atomic mass is 16.3. The summed E-state index contributed by atoms with van der Waals surface area (Å²) in [5.41, 5.74) is 9.17. The normalized spacial score (nSPS) is 12.8. The maximum absolute atomic E-state index is 9.81. The lowest BCUT2D eigenvalue weighted by Gasteiger charge is -2.07. The molecule has 2 heterocycles. The number of pyridine rings is 1. The Hall–Kier alpha value is -2.24. The molecule has 3 N–H and O–H groups in total. The van der Waals surface area contributed by atoms with Gasteiger partial charge in [-0.3, -0.25) is 4.98 Å². The van der Waals surface area contributed by atoms with Gasteiger partial charge in [0.05, 0.1) is 17.1 Å². The number of aliphatic hydroxyl groups is 1. The molecule has 1 atom stereocenters. The molecule has 0 radical (unpaired) electrons. The fraction of sp³-hybridized carbons (Fsp3) is 0.200. The summed E-state index contributed by atoms with van der Waals surface area (Å²) in [6, 6.07) is 9.59. The van der Waals surface area contributed by atoms with E-state index in [2.05, 4.69) is 9.97 Å². The molecule has 0 aliphatic heterocycles. The molecule has 0 bridgehead atoms. The van der Waals surface area contributed by atoms with E-state index in [1.54, 1.807) is 12.4 Å². The molecular weight excluding hydrogens is 252 g/mol. The number of nitrogens with two attached hydrogens (primary N) is 1. The molecule has 5 heteroatoms. The van der Waals surface area contributed by atoms with Crippen LogP contribution in [0.2, 0.25) is 0 Å². The first-order valence-electron chi connectivity index (χ1n) is 6.45. The lowest BCUT2D eigenvalue weighted by atomic mass is 10.1. The Kier molecular flexibility index (Phi) is 3.22. The second-order valence-corrected chi connectivity index (χ2v) is 4.73. The van der Waals surface area contributed by atoms with Gasteiger partial charge in [0.1, 0.15) is 5.82 Å². The summed E-state index contributed by atoms with van der Waals surface area (Å²) in [7, 11) is 1.98. The molecule has 0 amide bonds. The minimum atomic E-state index is -0.647. The third-order valence-electron chi connectivity index (χ3n) is 3.45.